The third-order valence-electron chi connectivity index (χ3n) is 1.94. The van der Waals surface area contributed by atoms with E-state index in [2.05, 4.69) is 16.4 Å². The molecule has 0 bridgehead atoms. The van der Waals surface area contributed by atoms with Crippen molar-refractivity contribution >= 4 is 0 Å². The second-order valence-electron chi connectivity index (χ2n) is 2.64. The SMILES string of the molecule is c1cncc(C2CNC2)c1. The third kappa shape index (κ3) is 0.907. The fraction of sp³-hybridized carbons (Fsp3) is 0.375. The highest BCUT2D eigenvalue weighted by Gasteiger charge is 2.17. The predicted octanol–water partition coefficient (Wildman–Crippen LogP) is 0.768. The van der Waals surface area contributed by atoms with Crippen molar-refractivity contribution < 1.29 is 0 Å². The van der Waals surface area contributed by atoms with Crippen LogP contribution in [-0.4, -0.2) is 18.1 Å². The summed E-state index contributed by atoms with van der Waals surface area (Å²) in [6, 6.07) is 4.13. The Balaban J connectivity index is 2.18. The molecule has 1 fully saturated rings. The minimum atomic E-state index is 0.716. The van der Waals surface area contributed by atoms with Crippen molar-refractivity contribution in [3.8, 4) is 0 Å². The number of pyridine rings is 1. The van der Waals surface area contributed by atoms with Crippen LogP contribution in [0.1, 0.15) is 11.5 Å². The highest BCUT2D eigenvalue weighted by molar-refractivity contribution is 5.18. The number of rotatable bonds is 1. The van der Waals surface area contributed by atoms with E-state index in [-0.39, 0.29) is 0 Å². The van der Waals surface area contributed by atoms with Crippen molar-refractivity contribution in [2.75, 3.05) is 13.1 Å². The van der Waals surface area contributed by atoms with E-state index in [1.807, 2.05) is 18.5 Å². The molecule has 2 heterocycles. The van der Waals surface area contributed by atoms with Gasteiger partial charge in [-0.3, -0.25) is 4.98 Å². The van der Waals surface area contributed by atoms with Gasteiger partial charge in [-0.1, -0.05) is 6.07 Å². The number of hydrogen-bond acceptors (Lipinski definition) is 2. The van der Waals surface area contributed by atoms with E-state index in [4.69, 9.17) is 0 Å². The summed E-state index contributed by atoms with van der Waals surface area (Å²) in [7, 11) is 0. The maximum atomic E-state index is 4.06. The Morgan fingerprint density at radius 3 is 2.90 bits per heavy atom. The monoisotopic (exact) mass is 134 g/mol. The number of aromatic nitrogens is 1. The topological polar surface area (TPSA) is 24.9 Å². The Hall–Kier alpha value is -0.890. The van der Waals surface area contributed by atoms with Crippen LogP contribution in [0.3, 0.4) is 0 Å². The van der Waals surface area contributed by atoms with Gasteiger partial charge >= 0.3 is 0 Å². The minimum absolute atomic E-state index is 0.716. The zero-order valence-electron chi connectivity index (χ0n) is 5.75. The molecule has 1 aliphatic heterocycles. The van der Waals surface area contributed by atoms with Gasteiger partial charge in [-0.25, -0.2) is 0 Å². The van der Waals surface area contributed by atoms with Crippen LogP contribution < -0.4 is 5.32 Å². The normalized spacial score (nSPS) is 18.4. The maximum Gasteiger partial charge on any atom is 0.0303 e. The summed E-state index contributed by atoms with van der Waals surface area (Å²) in [6.45, 7) is 2.23. The molecule has 52 valence electrons. The van der Waals surface area contributed by atoms with Crippen molar-refractivity contribution in [2.45, 2.75) is 5.92 Å². The summed E-state index contributed by atoms with van der Waals surface area (Å²) in [4.78, 5) is 4.06. The Morgan fingerprint density at radius 1 is 1.50 bits per heavy atom. The molecular formula is C8H10N2. The van der Waals surface area contributed by atoms with Gasteiger partial charge in [0.05, 0.1) is 0 Å². The van der Waals surface area contributed by atoms with Gasteiger partial charge in [0.15, 0.2) is 0 Å². The van der Waals surface area contributed by atoms with Crippen molar-refractivity contribution in [1.82, 2.24) is 10.3 Å². The average Bonchev–Trinajstić information content (AvgIpc) is 1.86. The number of nitrogens with one attached hydrogen (secondary N) is 1. The van der Waals surface area contributed by atoms with E-state index in [1.54, 1.807) is 0 Å². The van der Waals surface area contributed by atoms with Gasteiger partial charge in [-0.05, 0) is 11.6 Å². The molecule has 10 heavy (non-hydrogen) atoms. The molecule has 0 radical (unpaired) electrons. The molecule has 2 heteroatoms. The first-order valence-electron chi connectivity index (χ1n) is 3.57. The summed E-state index contributed by atoms with van der Waals surface area (Å²) in [5.74, 6) is 0.716. The zero-order chi connectivity index (χ0) is 6.81. The van der Waals surface area contributed by atoms with Crippen LogP contribution in [0.4, 0.5) is 0 Å². The Morgan fingerprint density at radius 2 is 2.40 bits per heavy atom. The van der Waals surface area contributed by atoms with Crippen molar-refractivity contribution in [3.63, 3.8) is 0 Å². The lowest BCUT2D eigenvalue weighted by Crippen LogP contribution is -2.39. The lowest BCUT2D eigenvalue weighted by molar-refractivity contribution is 0.447. The van der Waals surface area contributed by atoms with Crippen molar-refractivity contribution in [1.29, 1.82) is 0 Å². The van der Waals surface area contributed by atoms with E-state index in [1.165, 1.54) is 5.56 Å². The third-order valence-corrected chi connectivity index (χ3v) is 1.94. The highest BCUT2D eigenvalue weighted by atomic mass is 14.9. The first-order valence-corrected chi connectivity index (χ1v) is 3.57. The van der Waals surface area contributed by atoms with Crippen molar-refractivity contribution in [3.05, 3.63) is 30.1 Å². The largest absolute Gasteiger partial charge is 0.315 e. The second-order valence-corrected chi connectivity index (χ2v) is 2.64. The first-order chi connectivity index (χ1) is 4.97. The standard InChI is InChI=1S/C8H10N2/c1-2-7(4-9-3-1)8-5-10-6-8/h1-4,8,10H,5-6H2. The van der Waals surface area contributed by atoms with E-state index >= 15 is 0 Å². The van der Waals surface area contributed by atoms with E-state index in [0.717, 1.165) is 13.1 Å². The van der Waals surface area contributed by atoms with Crippen LogP contribution in [0, 0.1) is 0 Å². The molecule has 0 aliphatic carbocycles. The van der Waals surface area contributed by atoms with Gasteiger partial charge in [-0.2, -0.15) is 0 Å². The molecule has 0 aromatic carbocycles. The summed E-state index contributed by atoms with van der Waals surface area (Å²) in [5, 5.41) is 3.23. The molecule has 0 unspecified atom stereocenters. The highest BCUT2D eigenvalue weighted by Crippen LogP contribution is 2.17. The first kappa shape index (κ1) is 5.86. The molecule has 2 rings (SSSR count). The van der Waals surface area contributed by atoms with Crippen LogP contribution in [0.2, 0.25) is 0 Å². The second kappa shape index (κ2) is 2.39. The molecular weight excluding hydrogens is 124 g/mol. The van der Waals surface area contributed by atoms with Crippen molar-refractivity contribution in [2.24, 2.45) is 0 Å². The molecule has 0 saturated carbocycles. The van der Waals surface area contributed by atoms with Gasteiger partial charge in [0.25, 0.3) is 0 Å². The quantitative estimate of drug-likeness (QED) is 0.613. The number of hydrogen-bond donors (Lipinski definition) is 1. The fourth-order valence-electron chi connectivity index (χ4n) is 1.14. The van der Waals surface area contributed by atoms with E-state index in [9.17, 15) is 0 Å². The molecule has 2 nitrogen and oxygen atoms in total. The summed E-state index contributed by atoms with van der Waals surface area (Å²) in [6.07, 6.45) is 3.76. The van der Waals surface area contributed by atoms with E-state index < -0.39 is 0 Å². The smallest absolute Gasteiger partial charge is 0.0303 e. The zero-order valence-corrected chi connectivity index (χ0v) is 5.75. The molecule has 1 aromatic rings. The lowest BCUT2D eigenvalue weighted by Gasteiger charge is -2.26. The van der Waals surface area contributed by atoms with Gasteiger partial charge < -0.3 is 5.32 Å². The Kier molecular flexibility index (Phi) is 1.40. The fourth-order valence-corrected chi connectivity index (χ4v) is 1.14. The molecule has 1 saturated heterocycles. The molecule has 1 N–H and O–H groups in total. The Bertz CT molecular complexity index is 204. The summed E-state index contributed by atoms with van der Waals surface area (Å²) < 4.78 is 0. The average molecular weight is 134 g/mol. The maximum absolute atomic E-state index is 4.06. The number of nitrogens with zero attached hydrogens (tertiary/aromatic N) is 1. The van der Waals surface area contributed by atoms with Crippen LogP contribution in [-0.2, 0) is 0 Å². The van der Waals surface area contributed by atoms with Gasteiger partial charge in [-0.15, -0.1) is 0 Å². The summed E-state index contributed by atoms with van der Waals surface area (Å²) >= 11 is 0. The van der Waals surface area contributed by atoms with Gasteiger partial charge in [0, 0.05) is 31.4 Å². The van der Waals surface area contributed by atoms with E-state index in [0.29, 0.717) is 5.92 Å². The Labute approximate surface area is 60.3 Å². The van der Waals surface area contributed by atoms with Crippen LogP contribution in [0.5, 0.6) is 0 Å². The minimum Gasteiger partial charge on any atom is -0.315 e. The molecule has 0 spiro atoms. The van der Waals surface area contributed by atoms with Gasteiger partial charge in [0.2, 0.25) is 0 Å². The van der Waals surface area contributed by atoms with Crippen LogP contribution in [0.25, 0.3) is 0 Å². The molecule has 0 atom stereocenters. The molecule has 1 aromatic heterocycles. The van der Waals surface area contributed by atoms with Gasteiger partial charge in [0.1, 0.15) is 0 Å². The molecule has 0 amide bonds. The lowest BCUT2D eigenvalue weighted by atomic mass is 9.96. The van der Waals surface area contributed by atoms with Crippen LogP contribution in [0.15, 0.2) is 24.5 Å². The summed E-state index contributed by atoms with van der Waals surface area (Å²) in [5.41, 5.74) is 1.36. The van der Waals surface area contributed by atoms with Crippen LogP contribution >= 0.6 is 0 Å². The molecule has 1 aliphatic rings. The predicted molar refractivity (Wildman–Crippen MR) is 39.8 cm³/mol.